The summed E-state index contributed by atoms with van der Waals surface area (Å²) in [4.78, 5) is 33.5. The molecule has 1 amide bonds. The van der Waals surface area contributed by atoms with Crippen molar-refractivity contribution in [1.29, 1.82) is 0 Å². The van der Waals surface area contributed by atoms with Crippen LogP contribution in [0.25, 0.3) is 0 Å². The van der Waals surface area contributed by atoms with Gasteiger partial charge in [0.05, 0.1) is 19.8 Å². The topological polar surface area (TPSA) is 136 Å². The van der Waals surface area contributed by atoms with E-state index in [9.17, 15) is 14.7 Å². The number of carbonyl (C=O) groups excluding carboxylic acids is 2. The van der Waals surface area contributed by atoms with Crippen molar-refractivity contribution in [3.8, 4) is 0 Å². The number of hydrogen-bond donors (Lipinski definition) is 2. The molecular weight excluding hydrogens is 368 g/mol. The van der Waals surface area contributed by atoms with E-state index in [1.54, 1.807) is 11.0 Å². The van der Waals surface area contributed by atoms with Crippen LogP contribution in [0, 0.1) is 0 Å². The Labute approximate surface area is 161 Å². The van der Waals surface area contributed by atoms with Gasteiger partial charge in [0, 0.05) is 32.1 Å². The highest BCUT2D eigenvalue weighted by atomic mass is 16.5. The number of hydrogen-bond acceptors (Lipinski definition) is 9. The zero-order chi connectivity index (χ0) is 19.9. The SMILES string of the molecule is COC(=O)c1coc(CN2C[C@H](O)C[C@H](NC(=O)CCCn3cncn3)C2)n1. The molecule has 0 aliphatic carbocycles. The average Bonchev–Trinajstić information content (AvgIpc) is 3.32. The molecule has 0 spiro atoms. The minimum atomic E-state index is -0.566. The van der Waals surface area contributed by atoms with E-state index in [4.69, 9.17) is 4.42 Å². The standard InChI is InChI=1S/C17H24N6O5/c1-27-17(26)14-9-28-16(21-14)8-22-6-12(5-13(24)7-22)20-15(25)3-2-4-23-11-18-10-19-23/h9-13,24H,2-8H2,1H3,(H,20,25)/t12-,13+/m0/s1. The molecule has 2 atom stereocenters. The van der Waals surface area contributed by atoms with Gasteiger partial charge < -0.3 is 19.6 Å². The molecule has 0 saturated carbocycles. The molecule has 28 heavy (non-hydrogen) atoms. The van der Waals surface area contributed by atoms with Gasteiger partial charge in [0.2, 0.25) is 11.8 Å². The second kappa shape index (κ2) is 9.42. The Morgan fingerprint density at radius 1 is 1.43 bits per heavy atom. The highest BCUT2D eigenvalue weighted by molar-refractivity contribution is 5.86. The molecule has 3 rings (SSSR count). The first kappa shape index (κ1) is 20.0. The number of esters is 1. The molecule has 11 nitrogen and oxygen atoms in total. The van der Waals surface area contributed by atoms with Crippen LogP contribution >= 0.6 is 0 Å². The maximum Gasteiger partial charge on any atom is 0.360 e. The van der Waals surface area contributed by atoms with E-state index in [1.165, 1.54) is 19.7 Å². The number of aromatic nitrogens is 4. The highest BCUT2D eigenvalue weighted by Crippen LogP contribution is 2.15. The van der Waals surface area contributed by atoms with Crippen LogP contribution in [0.5, 0.6) is 0 Å². The van der Waals surface area contributed by atoms with Gasteiger partial charge in [0.1, 0.15) is 18.9 Å². The van der Waals surface area contributed by atoms with Crippen molar-refractivity contribution in [2.24, 2.45) is 0 Å². The van der Waals surface area contributed by atoms with Crippen LogP contribution in [0.15, 0.2) is 23.3 Å². The molecule has 0 unspecified atom stereocenters. The maximum atomic E-state index is 12.2. The number of oxazole rings is 1. The van der Waals surface area contributed by atoms with Gasteiger partial charge in [0.15, 0.2) is 5.69 Å². The van der Waals surface area contributed by atoms with E-state index in [2.05, 4.69) is 25.1 Å². The Bertz CT molecular complexity index is 777. The molecule has 2 N–H and O–H groups in total. The quantitative estimate of drug-likeness (QED) is 0.574. The van der Waals surface area contributed by atoms with Crippen molar-refractivity contribution >= 4 is 11.9 Å². The van der Waals surface area contributed by atoms with Gasteiger partial charge in [-0.05, 0) is 12.8 Å². The molecule has 3 heterocycles. The number of carbonyl (C=O) groups is 2. The summed E-state index contributed by atoms with van der Waals surface area (Å²) >= 11 is 0. The van der Waals surface area contributed by atoms with Crippen LogP contribution in [-0.4, -0.2) is 74.0 Å². The summed E-state index contributed by atoms with van der Waals surface area (Å²) in [6.07, 6.45) is 5.27. The summed E-state index contributed by atoms with van der Waals surface area (Å²) < 4.78 is 11.6. The van der Waals surface area contributed by atoms with Crippen molar-refractivity contribution in [2.75, 3.05) is 20.2 Å². The van der Waals surface area contributed by atoms with Crippen LogP contribution in [0.1, 0.15) is 35.6 Å². The second-order valence-electron chi connectivity index (χ2n) is 6.73. The third-order valence-corrected chi connectivity index (χ3v) is 4.43. The second-order valence-corrected chi connectivity index (χ2v) is 6.73. The lowest BCUT2D eigenvalue weighted by Crippen LogP contribution is -2.52. The first-order valence-corrected chi connectivity index (χ1v) is 9.08. The van der Waals surface area contributed by atoms with E-state index < -0.39 is 12.1 Å². The van der Waals surface area contributed by atoms with Crippen molar-refractivity contribution < 1.29 is 23.8 Å². The Morgan fingerprint density at radius 2 is 2.29 bits per heavy atom. The average molecular weight is 392 g/mol. The fraction of sp³-hybridized carbons (Fsp3) is 0.588. The molecule has 2 aromatic rings. The van der Waals surface area contributed by atoms with E-state index in [0.717, 1.165) is 0 Å². The molecular formula is C17H24N6O5. The summed E-state index contributed by atoms with van der Waals surface area (Å²) in [6, 6.07) is -0.169. The first-order chi connectivity index (χ1) is 13.5. The molecule has 11 heteroatoms. The van der Waals surface area contributed by atoms with Gasteiger partial charge in [-0.15, -0.1) is 0 Å². The largest absolute Gasteiger partial charge is 0.464 e. The van der Waals surface area contributed by atoms with E-state index in [0.29, 0.717) is 51.3 Å². The van der Waals surface area contributed by atoms with Crippen LogP contribution in [0.3, 0.4) is 0 Å². The smallest absolute Gasteiger partial charge is 0.360 e. The maximum absolute atomic E-state index is 12.2. The van der Waals surface area contributed by atoms with Crippen molar-refractivity contribution in [3.05, 3.63) is 30.5 Å². The Balaban J connectivity index is 1.46. The summed E-state index contributed by atoms with van der Waals surface area (Å²) in [6.45, 7) is 1.95. The fourth-order valence-electron chi connectivity index (χ4n) is 3.22. The third-order valence-electron chi connectivity index (χ3n) is 4.43. The van der Waals surface area contributed by atoms with Crippen molar-refractivity contribution in [3.63, 3.8) is 0 Å². The number of methoxy groups -OCH3 is 1. The predicted octanol–water partition coefficient (Wildman–Crippen LogP) is -0.415. The lowest BCUT2D eigenvalue weighted by molar-refractivity contribution is -0.122. The number of aliphatic hydroxyl groups is 1. The number of nitrogens with one attached hydrogen (secondary N) is 1. The number of aryl methyl sites for hydroxylation is 1. The summed E-state index contributed by atoms with van der Waals surface area (Å²) in [5.41, 5.74) is 0.104. The Morgan fingerprint density at radius 3 is 3.04 bits per heavy atom. The molecule has 0 aromatic carbocycles. The molecule has 0 bridgehead atoms. The lowest BCUT2D eigenvalue weighted by Gasteiger charge is -2.35. The van der Waals surface area contributed by atoms with E-state index in [-0.39, 0.29) is 17.6 Å². The number of aliphatic hydroxyl groups excluding tert-OH is 1. The normalized spacial score (nSPS) is 20.1. The molecule has 152 valence electrons. The minimum Gasteiger partial charge on any atom is -0.464 e. The van der Waals surface area contributed by atoms with E-state index in [1.807, 2.05) is 4.90 Å². The monoisotopic (exact) mass is 392 g/mol. The van der Waals surface area contributed by atoms with Gasteiger partial charge >= 0.3 is 5.97 Å². The minimum absolute atomic E-state index is 0.0664. The molecule has 1 saturated heterocycles. The number of β-amino-alcohol motifs (C(OH)–C–C–N with tert-alkyl or cyclic N) is 1. The van der Waals surface area contributed by atoms with Crippen molar-refractivity contribution in [2.45, 2.75) is 44.5 Å². The number of ether oxygens (including phenoxy) is 1. The number of likely N-dealkylation sites (tertiary alicyclic amines) is 1. The highest BCUT2D eigenvalue weighted by Gasteiger charge is 2.28. The van der Waals surface area contributed by atoms with Crippen molar-refractivity contribution in [1.82, 2.24) is 30.0 Å². The van der Waals surface area contributed by atoms with Crippen LogP contribution < -0.4 is 5.32 Å². The zero-order valence-corrected chi connectivity index (χ0v) is 15.7. The summed E-state index contributed by atoms with van der Waals surface area (Å²) in [5.74, 6) is -0.277. The molecule has 0 radical (unpaired) electrons. The molecule has 2 aromatic heterocycles. The van der Waals surface area contributed by atoms with Gasteiger partial charge in [-0.1, -0.05) is 0 Å². The van der Waals surface area contributed by atoms with Gasteiger partial charge in [0.25, 0.3) is 0 Å². The molecule has 1 aliphatic heterocycles. The third kappa shape index (κ3) is 5.60. The molecule has 1 fully saturated rings. The number of rotatable bonds is 8. The fourth-order valence-corrected chi connectivity index (χ4v) is 3.22. The Kier molecular flexibility index (Phi) is 6.71. The lowest BCUT2D eigenvalue weighted by atomic mass is 10.0. The van der Waals surface area contributed by atoms with Crippen LogP contribution in [0.4, 0.5) is 0 Å². The number of piperidine rings is 1. The predicted molar refractivity (Wildman–Crippen MR) is 94.9 cm³/mol. The summed E-state index contributed by atoms with van der Waals surface area (Å²) in [7, 11) is 1.27. The van der Waals surface area contributed by atoms with Gasteiger partial charge in [-0.2, -0.15) is 5.10 Å². The van der Waals surface area contributed by atoms with Crippen LogP contribution in [0.2, 0.25) is 0 Å². The van der Waals surface area contributed by atoms with E-state index >= 15 is 0 Å². The summed E-state index contributed by atoms with van der Waals surface area (Å²) in [5, 5.41) is 17.1. The van der Waals surface area contributed by atoms with Gasteiger partial charge in [-0.25, -0.2) is 14.8 Å². The number of amides is 1. The molecule has 1 aliphatic rings. The van der Waals surface area contributed by atoms with Crippen LogP contribution in [-0.2, 0) is 22.6 Å². The first-order valence-electron chi connectivity index (χ1n) is 9.08. The zero-order valence-electron chi connectivity index (χ0n) is 15.7. The van der Waals surface area contributed by atoms with Gasteiger partial charge in [-0.3, -0.25) is 14.4 Å². The number of nitrogens with zero attached hydrogens (tertiary/aromatic N) is 5. The Hall–Kier alpha value is -2.79.